The van der Waals surface area contributed by atoms with E-state index in [4.69, 9.17) is 4.74 Å². The van der Waals surface area contributed by atoms with Gasteiger partial charge in [0.25, 0.3) is 0 Å². The van der Waals surface area contributed by atoms with Gasteiger partial charge >= 0.3 is 0 Å². The van der Waals surface area contributed by atoms with Crippen LogP contribution >= 0.6 is 15.9 Å². The van der Waals surface area contributed by atoms with Gasteiger partial charge < -0.3 is 9.84 Å². The van der Waals surface area contributed by atoms with E-state index >= 15 is 0 Å². The fraction of sp³-hybridized carbons (Fsp3) is 0.167. The number of aryl methyl sites for hydroxylation is 1. The van der Waals surface area contributed by atoms with Crippen molar-refractivity contribution < 1.29 is 9.84 Å². The maximum Gasteiger partial charge on any atom is 0.159 e. The molecule has 5 heteroatoms. The zero-order chi connectivity index (χ0) is 16.4. The third kappa shape index (κ3) is 2.90. The first-order valence-electron chi connectivity index (χ1n) is 7.19. The molecule has 2 aromatic carbocycles. The van der Waals surface area contributed by atoms with Gasteiger partial charge in [0, 0.05) is 10.2 Å². The Hall–Kier alpha value is -2.11. The molecule has 23 heavy (non-hydrogen) atoms. The van der Waals surface area contributed by atoms with E-state index in [0.717, 1.165) is 27.0 Å². The highest BCUT2D eigenvalue weighted by Crippen LogP contribution is 2.37. The molecule has 1 aromatic heterocycles. The molecule has 2 N–H and O–H groups in total. The van der Waals surface area contributed by atoms with Crippen LogP contribution in [0.25, 0.3) is 0 Å². The van der Waals surface area contributed by atoms with E-state index in [2.05, 4.69) is 26.1 Å². The van der Waals surface area contributed by atoms with Crippen LogP contribution in [0.1, 0.15) is 22.5 Å². The van der Waals surface area contributed by atoms with Gasteiger partial charge in [0.1, 0.15) is 11.4 Å². The van der Waals surface area contributed by atoms with Crippen molar-refractivity contribution >= 4 is 15.9 Å². The molecule has 3 aromatic rings. The van der Waals surface area contributed by atoms with Crippen LogP contribution in [0.3, 0.4) is 0 Å². The van der Waals surface area contributed by atoms with Crippen LogP contribution in [0, 0.1) is 6.92 Å². The average molecular weight is 373 g/mol. The summed E-state index contributed by atoms with van der Waals surface area (Å²) in [5.74, 6) is 0.739. The van der Waals surface area contributed by atoms with Crippen LogP contribution < -0.4 is 4.74 Å². The molecule has 1 atom stereocenters. The molecule has 0 saturated carbocycles. The SMILES string of the molecule is COc1ccc(C(O)(c2cccc(Br)c2)c2cc(C)[nH]n2)cc1. The van der Waals surface area contributed by atoms with Crippen LogP contribution in [0.15, 0.2) is 59.1 Å². The summed E-state index contributed by atoms with van der Waals surface area (Å²) in [7, 11) is 1.62. The number of aromatic amines is 1. The highest BCUT2D eigenvalue weighted by Gasteiger charge is 2.36. The van der Waals surface area contributed by atoms with Crippen molar-refractivity contribution in [1.29, 1.82) is 0 Å². The first-order valence-corrected chi connectivity index (χ1v) is 7.99. The number of rotatable bonds is 4. The van der Waals surface area contributed by atoms with E-state index < -0.39 is 5.60 Å². The highest BCUT2D eigenvalue weighted by molar-refractivity contribution is 9.10. The highest BCUT2D eigenvalue weighted by atomic mass is 79.9. The lowest BCUT2D eigenvalue weighted by Crippen LogP contribution is -2.29. The van der Waals surface area contributed by atoms with Crippen molar-refractivity contribution in [3.63, 3.8) is 0 Å². The Morgan fingerprint density at radius 1 is 1.09 bits per heavy atom. The first-order chi connectivity index (χ1) is 11.0. The lowest BCUT2D eigenvalue weighted by atomic mass is 9.83. The second kappa shape index (κ2) is 6.18. The molecule has 0 aliphatic carbocycles. The molecular weight excluding hydrogens is 356 g/mol. The Labute approximate surface area is 143 Å². The summed E-state index contributed by atoms with van der Waals surface area (Å²) < 4.78 is 6.10. The van der Waals surface area contributed by atoms with Gasteiger partial charge in [-0.05, 0) is 48.4 Å². The second-order valence-electron chi connectivity index (χ2n) is 5.39. The third-order valence-electron chi connectivity index (χ3n) is 3.83. The minimum atomic E-state index is -1.35. The molecular formula is C18H17BrN2O2. The summed E-state index contributed by atoms with van der Waals surface area (Å²) in [6.07, 6.45) is 0. The molecule has 4 nitrogen and oxygen atoms in total. The fourth-order valence-electron chi connectivity index (χ4n) is 2.61. The lowest BCUT2D eigenvalue weighted by Gasteiger charge is -2.28. The Morgan fingerprint density at radius 2 is 1.83 bits per heavy atom. The number of nitrogens with one attached hydrogen (secondary N) is 1. The largest absolute Gasteiger partial charge is 0.497 e. The average Bonchev–Trinajstić information content (AvgIpc) is 3.01. The molecule has 0 bridgehead atoms. The number of benzene rings is 2. The zero-order valence-corrected chi connectivity index (χ0v) is 14.5. The maximum atomic E-state index is 11.6. The Kier molecular flexibility index (Phi) is 4.24. The third-order valence-corrected chi connectivity index (χ3v) is 4.32. The first kappa shape index (κ1) is 15.8. The number of aromatic nitrogens is 2. The van der Waals surface area contributed by atoms with Crippen molar-refractivity contribution in [2.24, 2.45) is 0 Å². The van der Waals surface area contributed by atoms with E-state index in [1.165, 1.54) is 0 Å². The summed E-state index contributed by atoms with van der Waals surface area (Å²) in [6, 6.07) is 16.8. The number of ether oxygens (including phenoxy) is 1. The molecule has 1 unspecified atom stereocenters. The quantitative estimate of drug-likeness (QED) is 0.732. The normalized spacial score (nSPS) is 13.6. The van der Waals surface area contributed by atoms with E-state index in [0.29, 0.717) is 5.69 Å². The van der Waals surface area contributed by atoms with Crippen LogP contribution in [0.2, 0.25) is 0 Å². The topological polar surface area (TPSA) is 58.1 Å². The summed E-state index contributed by atoms with van der Waals surface area (Å²) in [6.45, 7) is 1.91. The molecule has 0 aliphatic rings. The van der Waals surface area contributed by atoms with E-state index in [9.17, 15) is 5.11 Å². The molecule has 0 fully saturated rings. The number of aliphatic hydroxyl groups is 1. The Bertz CT molecular complexity index is 814. The number of halogens is 1. The van der Waals surface area contributed by atoms with Crippen LogP contribution in [-0.2, 0) is 5.60 Å². The molecule has 0 amide bonds. The van der Waals surface area contributed by atoms with Crippen molar-refractivity contribution in [1.82, 2.24) is 10.2 Å². The second-order valence-corrected chi connectivity index (χ2v) is 6.30. The van der Waals surface area contributed by atoms with Crippen molar-refractivity contribution in [2.45, 2.75) is 12.5 Å². The van der Waals surface area contributed by atoms with Crippen molar-refractivity contribution in [2.75, 3.05) is 7.11 Å². The van der Waals surface area contributed by atoms with Gasteiger partial charge in [-0.15, -0.1) is 0 Å². The number of H-pyrrole nitrogens is 1. The van der Waals surface area contributed by atoms with Gasteiger partial charge in [-0.3, -0.25) is 5.10 Å². The summed E-state index contributed by atoms with van der Waals surface area (Å²) in [5.41, 5.74) is 1.56. The predicted octanol–water partition coefficient (Wildman–Crippen LogP) is 3.77. The molecule has 3 rings (SSSR count). The van der Waals surface area contributed by atoms with Crippen molar-refractivity contribution in [3.8, 4) is 5.75 Å². The van der Waals surface area contributed by atoms with Crippen LogP contribution in [0.5, 0.6) is 5.75 Å². The molecule has 118 valence electrons. The van der Waals surface area contributed by atoms with E-state index in [1.807, 2.05) is 61.5 Å². The standard InChI is InChI=1S/C18H17BrN2O2/c1-12-10-17(21-20-12)18(22,14-4-3-5-15(19)11-14)13-6-8-16(23-2)9-7-13/h3-11,22H,1-2H3,(H,20,21). The summed E-state index contributed by atoms with van der Waals surface area (Å²) in [5, 5.41) is 18.8. The molecule has 0 spiro atoms. The van der Waals surface area contributed by atoms with Crippen LogP contribution in [-0.4, -0.2) is 22.4 Å². The Balaban J connectivity index is 2.20. The molecule has 0 aliphatic heterocycles. The molecule has 1 heterocycles. The number of hydrogen-bond acceptors (Lipinski definition) is 3. The minimum Gasteiger partial charge on any atom is -0.497 e. The Morgan fingerprint density at radius 3 is 2.39 bits per heavy atom. The van der Waals surface area contributed by atoms with Gasteiger partial charge in [0.2, 0.25) is 0 Å². The lowest BCUT2D eigenvalue weighted by molar-refractivity contribution is 0.120. The van der Waals surface area contributed by atoms with Gasteiger partial charge in [-0.25, -0.2) is 0 Å². The summed E-state index contributed by atoms with van der Waals surface area (Å²) in [4.78, 5) is 0. The number of methoxy groups -OCH3 is 1. The monoisotopic (exact) mass is 372 g/mol. The van der Waals surface area contributed by atoms with E-state index in [-0.39, 0.29) is 0 Å². The van der Waals surface area contributed by atoms with Gasteiger partial charge in [-0.1, -0.05) is 40.2 Å². The predicted molar refractivity (Wildman–Crippen MR) is 92.6 cm³/mol. The minimum absolute atomic E-state index is 0.554. The maximum absolute atomic E-state index is 11.6. The van der Waals surface area contributed by atoms with Gasteiger partial charge in [-0.2, -0.15) is 5.10 Å². The molecule has 0 saturated heterocycles. The van der Waals surface area contributed by atoms with Gasteiger partial charge in [0.15, 0.2) is 5.60 Å². The van der Waals surface area contributed by atoms with Gasteiger partial charge in [0.05, 0.1) is 7.11 Å². The van der Waals surface area contributed by atoms with Crippen LogP contribution in [0.4, 0.5) is 0 Å². The smallest absolute Gasteiger partial charge is 0.159 e. The number of hydrogen-bond donors (Lipinski definition) is 2. The van der Waals surface area contributed by atoms with Crippen molar-refractivity contribution in [3.05, 3.63) is 81.6 Å². The zero-order valence-electron chi connectivity index (χ0n) is 12.9. The number of nitrogens with zero attached hydrogens (tertiary/aromatic N) is 1. The molecule has 0 radical (unpaired) electrons. The van der Waals surface area contributed by atoms with E-state index in [1.54, 1.807) is 7.11 Å². The fourth-order valence-corrected chi connectivity index (χ4v) is 3.01. The summed E-state index contributed by atoms with van der Waals surface area (Å²) >= 11 is 3.47.